The predicted octanol–water partition coefficient (Wildman–Crippen LogP) is 5.58. The van der Waals surface area contributed by atoms with Crippen LogP contribution in [0.1, 0.15) is 44.2 Å². The van der Waals surface area contributed by atoms with E-state index in [0.29, 0.717) is 21.3 Å². The van der Waals surface area contributed by atoms with E-state index in [0.717, 1.165) is 41.7 Å². The summed E-state index contributed by atoms with van der Waals surface area (Å²) in [6, 6.07) is 10.5. The van der Waals surface area contributed by atoms with E-state index in [-0.39, 0.29) is 5.76 Å². The molecular weight excluding hydrogens is 398 g/mol. The van der Waals surface area contributed by atoms with Gasteiger partial charge in [0.2, 0.25) is 0 Å². The summed E-state index contributed by atoms with van der Waals surface area (Å²) in [5.41, 5.74) is 2.30. The van der Waals surface area contributed by atoms with Crippen LogP contribution < -0.4 is 5.32 Å². The Morgan fingerprint density at radius 1 is 1.11 bits per heavy atom. The molecule has 0 bridgehead atoms. The average molecular weight is 416 g/mol. The maximum Gasteiger partial charge on any atom is 0.341 e. The van der Waals surface area contributed by atoms with E-state index in [1.165, 1.54) is 18.4 Å². The van der Waals surface area contributed by atoms with E-state index in [1.807, 2.05) is 12.1 Å². The Hall–Kier alpha value is -2.57. The van der Waals surface area contributed by atoms with Gasteiger partial charge in [-0.1, -0.05) is 11.6 Å². The van der Waals surface area contributed by atoms with Crippen molar-refractivity contribution in [2.24, 2.45) is 0 Å². The van der Waals surface area contributed by atoms with Crippen LogP contribution in [0, 0.1) is 0 Å². The number of nitrogens with one attached hydrogen (secondary N) is 1. The van der Waals surface area contributed by atoms with Crippen molar-refractivity contribution in [3.8, 4) is 11.3 Å². The fraction of sp³-hybridized carbons (Fsp3) is 0.238. The molecule has 2 aromatic heterocycles. The molecule has 1 aliphatic carbocycles. The molecule has 144 valence electrons. The van der Waals surface area contributed by atoms with E-state index in [4.69, 9.17) is 20.8 Å². The molecular formula is C21H18ClNO4S. The molecule has 1 N–H and O–H groups in total. The molecule has 1 aliphatic rings. The maximum absolute atomic E-state index is 12.7. The highest BCUT2D eigenvalue weighted by atomic mass is 35.5. The van der Waals surface area contributed by atoms with Gasteiger partial charge in [-0.3, -0.25) is 4.79 Å². The van der Waals surface area contributed by atoms with Crippen molar-refractivity contribution < 1.29 is 18.7 Å². The highest BCUT2D eigenvalue weighted by Gasteiger charge is 2.27. The number of benzene rings is 1. The minimum Gasteiger partial charge on any atom is -0.465 e. The number of carbonyl (C=O) groups is 2. The van der Waals surface area contributed by atoms with Crippen molar-refractivity contribution in [3.63, 3.8) is 0 Å². The van der Waals surface area contributed by atoms with Gasteiger partial charge >= 0.3 is 5.97 Å². The Morgan fingerprint density at radius 3 is 2.61 bits per heavy atom. The summed E-state index contributed by atoms with van der Waals surface area (Å²) in [6.45, 7) is 0. The summed E-state index contributed by atoms with van der Waals surface area (Å²) >= 11 is 7.35. The Labute approximate surface area is 171 Å². The molecule has 28 heavy (non-hydrogen) atoms. The smallest absolute Gasteiger partial charge is 0.341 e. The van der Waals surface area contributed by atoms with Crippen LogP contribution in [0.2, 0.25) is 5.02 Å². The zero-order valence-corrected chi connectivity index (χ0v) is 16.8. The topological polar surface area (TPSA) is 68.5 Å². The van der Waals surface area contributed by atoms with Crippen LogP contribution in [0.4, 0.5) is 5.00 Å². The molecule has 0 aliphatic heterocycles. The van der Waals surface area contributed by atoms with E-state index < -0.39 is 11.9 Å². The number of fused-ring (bicyclic) bond motifs is 1. The van der Waals surface area contributed by atoms with Crippen LogP contribution in [-0.2, 0) is 17.6 Å². The van der Waals surface area contributed by atoms with Gasteiger partial charge in [0.05, 0.1) is 12.7 Å². The van der Waals surface area contributed by atoms with Crippen LogP contribution in [0.25, 0.3) is 11.3 Å². The second-order valence-electron chi connectivity index (χ2n) is 6.53. The Bertz CT molecular complexity index is 1040. The summed E-state index contributed by atoms with van der Waals surface area (Å²) in [7, 11) is 1.35. The normalized spacial score (nSPS) is 13.1. The highest BCUT2D eigenvalue weighted by Crippen LogP contribution is 2.39. The Balaban J connectivity index is 1.60. The first-order valence-corrected chi connectivity index (χ1v) is 10.2. The molecule has 4 rings (SSSR count). The van der Waals surface area contributed by atoms with Crippen LogP contribution in [0.3, 0.4) is 0 Å². The Morgan fingerprint density at radius 2 is 1.86 bits per heavy atom. The number of halogens is 1. The Kier molecular flexibility index (Phi) is 5.24. The molecule has 0 saturated carbocycles. The number of aryl methyl sites for hydroxylation is 1. The van der Waals surface area contributed by atoms with Gasteiger partial charge in [-0.15, -0.1) is 11.3 Å². The van der Waals surface area contributed by atoms with Crippen LogP contribution in [0.5, 0.6) is 0 Å². The second kappa shape index (κ2) is 7.81. The zero-order chi connectivity index (χ0) is 19.7. The molecule has 0 atom stereocenters. The number of hydrogen-bond acceptors (Lipinski definition) is 5. The molecule has 0 spiro atoms. The number of thiophene rings is 1. The van der Waals surface area contributed by atoms with Crippen molar-refractivity contribution in [1.29, 1.82) is 0 Å². The molecule has 3 aromatic rings. The van der Waals surface area contributed by atoms with Crippen molar-refractivity contribution in [2.75, 3.05) is 12.4 Å². The predicted molar refractivity (Wildman–Crippen MR) is 109 cm³/mol. The van der Waals surface area contributed by atoms with Gasteiger partial charge in [0.25, 0.3) is 5.91 Å². The van der Waals surface area contributed by atoms with Gasteiger partial charge in [0.1, 0.15) is 10.8 Å². The average Bonchev–Trinajstić information content (AvgIpc) is 3.33. The standard InChI is InChI=1S/C21H18ClNO4S/c1-26-21(25)18-14-4-2-3-5-17(14)28-20(18)23-19(24)16-11-10-15(27-16)12-6-8-13(22)9-7-12/h6-11H,2-5H2,1H3,(H,23,24). The monoisotopic (exact) mass is 415 g/mol. The third-order valence-corrected chi connectivity index (χ3v) is 6.21. The minimum absolute atomic E-state index is 0.173. The largest absolute Gasteiger partial charge is 0.465 e. The number of furan rings is 1. The first-order valence-electron chi connectivity index (χ1n) is 8.97. The van der Waals surface area contributed by atoms with Gasteiger partial charge in [-0.2, -0.15) is 0 Å². The summed E-state index contributed by atoms with van der Waals surface area (Å²) in [4.78, 5) is 26.2. The third kappa shape index (κ3) is 3.57. The van der Waals surface area contributed by atoms with E-state index in [9.17, 15) is 9.59 Å². The maximum atomic E-state index is 12.7. The third-order valence-electron chi connectivity index (χ3n) is 4.75. The van der Waals surface area contributed by atoms with Gasteiger partial charge < -0.3 is 14.5 Å². The highest BCUT2D eigenvalue weighted by molar-refractivity contribution is 7.17. The van der Waals surface area contributed by atoms with Gasteiger partial charge in [-0.05, 0) is 67.6 Å². The molecule has 0 unspecified atom stereocenters. The number of rotatable bonds is 4. The quantitative estimate of drug-likeness (QED) is 0.565. The summed E-state index contributed by atoms with van der Waals surface area (Å²) in [5, 5.41) is 3.99. The molecule has 1 amide bonds. The SMILES string of the molecule is COC(=O)c1c(NC(=O)c2ccc(-c3ccc(Cl)cc3)o2)sc2c1CCCC2. The van der Waals surface area contributed by atoms with Crippen molar-refractivity contribution in [2.45, 2.75) is 25.7 Å². The number of amides is 1. The zero-order valence-electron chi connectivity index (χ0n) is 15.2. The number of hydrogen-bond donors (Lipinski definition) is 1. The molecule has 5 nitrogen and oxygen atoms in total. The second-order valence-corrected chi connectivity index (χ2v) is 8.07. The number of anilines is 1. The minimum atomic E-state index is -0.420. The molecule has 7 heteroatoms. The number of esters is 1. The molecule has 0 radical (unpaired) electrons. The number of ether oxygens (including phenoxy) is 1. The lowest BCUT2D eigenvalue weighted by molar-refractivity contribution is 0.0601. The summed E-state index contributed by atoms with van der Waals surface area (Å²) < 4.78 is 10.6. The fourth-order valence-electron chi connectivity index (χ4n) is 3.37. The lowest BCUT2D eigenvalue weighted by atomic mass is 9.95. The van der Waals surface area contributed by atoms with Crippen molar-refractivity contribution >= 4 is 39.8 Å². The fourth-order valence-corrected chi connectivity index (χ4v) is 4.76. The summed E-state index contributed by atoms with van der Waals surface area (Å²) in [5.74, 6) is -0.0763. The molecule has 0 fully saturated rings. The summed E-state index contributed by atoms with van der Waals surface area (Å²) in [6.07, 6.45) is 3.86. The molecule has 0 saturated heterocycles. The van der Waals surface area contributed by atoms with E-state index in [1.54, 1.807) is 24.3 Å². The van der Waals surface area contributed by atoms with E-state index in [2.05, 4.69) is 5.32 Å². The number of carbonyl (C=O) groups excluding carboxylic acids is 2. The lowest BCUT2D eigenvalue weighted by Crippen LogP contribution is -2.14. The first-order chi connectivity index (χ1) is 13.6. The van der Waals surface area contributed by atoms with Crippen LogP contribution >= 0.6 is 22.9 Å². The lowest BCUT2D eigenvalue weighted by Gasteiger charge is -2.11. The van der Waals surface area contributed by atoms with E-state index >= 15 is 0 Å². The van der Waals surface area contributed by atoms with Crippen molar-refractivity contribution in [1.82, 2.24) is 0 Å². The van der Waals surface area contributed by atoms with Gasteiger partial charge in [0.15, 0.2) is 5.76 Å². The van der Waals surface area contributed by atoms with Crippen LogP contribution in [0.15, 0.2) is 40.8 Å². The van der Waals surface area contributed by atoms with Crippen molar-refractivity contribution in [3.05, 3.63) is 63.2 Å². The van der Waals surface area contributed by atoms with Gasteiger partial charge in [-0.25, -0.2) is 4.79 Å². The first kappa shape index (κ1) is 18.8. The van der Waals surface area contributed by atoms with Crippen LogP contribution in [-0.4, -0.2) is 19.0 Å². The van der Waals surface area contributed by atoms with Gasteiger partial charge in [0, 0.05) is 15.5 Å². The molecule has 2 heterocycles. The number of methoxy groups -OCH3 is 1. The molecule has 1 aromatic carbocycles.